The molecule has 0 saturated heterocycles. The standard InChI is InChI=1S/C22H28N2O2/c1-5-20(25)24(4)16-8-6-7-15(12-16)17-9-10-18(22(23)26)19-11-13(2)14(3)21(17)19/h5,9-10,15-16H,1,6-8,11-12H2,2-4H3,(H2,23,26). The van der Waals surface area contributed by atoms with Gasteiger partial charge < -0.3 is 10.6 Å². The maximum atomic E-state index is 12.0. The number of nitrogens with two attached hydrogens (primary N) is 1. The molecule has 0 bridgehead atoms. The minimum absolute atomic E-state index is 0.0168. The smallest absolute Gasteiger partial charge is 0.249 e. The first kappa shape index (κ1) is 18.4. The van der Waals surface area contributed by atoms with Crippen LogP contribution in [0, 0.1) is 0 Å². The topological polar surface area (TPSA) is 63.4 Å². The number of likely N-dealkylation sites (N-methyl/N-ethyl adjacent to an activating group) is 1. The van der Waals surface area contributed by atoms with E-state index in [0.717, 1.165) is 37.7 Å². The number of primary amides is 1. The fourth-order valence-electron chi connectivity index (χ4n) is 4.60. The van der Waals surface area contributed by atoms with Crippen LogP contribution < -0.4 is 5.73 Å². The molecule has 2 unspecified atom stereocenters. The van der Waals surface area contributed by atoms with Crippen molar-refractivity contribution in [2.45, 2.75) is 57.9 Å². The summed E-state index contributed by atoms with van der Waals surface area (Å²) in [5, 5.41) is 0. The molecule has 1 aromatic rings. The van der Waals surface area contributed by atoms with E-state index < -0.39 is 0 Å². The molecule has 2 amide bonds. The molecule has 0 radical (unpaired) electrons. The summed E-state index contributed by atoms with van der Waals surface area (Å²) < 4.78 is 0. The predicted molar refractivity (Wildman–Crippen MR) is 105 cm³/mol. The van der Waals surface area contributed by atoms with E-state index >= 15 is 0 Å². The van der Waals surface area contributed by atoms with Gasteiger partial charge in [-0.2, -0.15) is 0 Å². The molecule has 0 heterocycles. The largest absolute Gasteiger partial charge is 0.366 e. The van der Waals surface area contributed by atoms with E-state index in [4.69, 9.17) is 5.73 Å². The Bertz CT molecular complexity index is 807. The quantitative estimate of drug-likeness (QED) is 0.838. The van der Waals surface area contributed by atoms with Crippen LogP contribution >= 0.6 is 0 Å². The van der Waals surface area contributed by atoms with Crippen LogP contribution in [-0.2, 0) is 11.2 Å². The zero-order chi connectivity index (χ0) is 19.0. The number of benzene rings is 1. The van der Waals surface area contributed by atoms with Gasteiger partial charge in [0.2, 0.25) is 11.8 Å². The Morgan fingerprint density at radius 2 is 2.00 bits per heavy atom. The van der Waals surface area contributed by atoms with E-state index in [2.05, 4.69) is 26.5 Å². The molecule has 3 rings (SSSR count). The number of hydrogen-bond acceptors (Lipinski definition) is 2. The second-order valence-corrected chi connectivity index (χ2v) is 7.67. The highest BCUT2D eigenvalue weighted by atomic mass is 16.2. The fourth-order valence-corrected chi connectivity index (χ4v) is 4.60. The molecule has 0 aromatic heterocycles. The van der Waals surface area contributed by atoms with E-state index in [0.29, 0.717) is 11.5 Å². The van der Waals surface area contributed by atoms with E-state index in [1.54, 1.807) is 0 Å². The number of hydrogen-bond donors (Lipinski definition) is 1. The maximum absolute atomic E-state index is 12.0. The van der Waals surface area contributed by atoms with Crippen LogP contribution in [0.4, 0.5) is 0 Å². The molecule has 2 atom stereocenters. The molecule has 4 nitrogen and oxygen atoms in total. The Hall–Kier alpha value is -2.36. The average Bonchev–Trinajstić information content (AvgIpc) is 2.94. The number of amides is 2. The molecule has 4 heteroatoms. The lowest BCUT2D eigenvalue weighted by Crippen LogP contribution is -2.39. The molecule has 2 aliphatic rings. The van der Waals surface area contributed by atoms with Gasteiger partial charge in [-0.25, -0.2) is 0 Å². The third-order valence-corrected chi connectivity index (χ3v) is 6.22. The van der Waals surface area contributed by atoms with E-state index in [1.807, 2.05) is 18.0 Å². The molecule has 138 valence electrons. The van der Waals surface area contributed by atoms with Gasteiger partial charge in [0.1, 0.15) is 0 Å². The second-order valence-electron chi connectivity index (χ2n) is 7.67. The summed E-state index contributed by atoms with van der Waals surface area (Å²) in [5.41, 5.74) is 12.4. The third kappa shape index (κ3) is 3.09. The Labute approximate surface area is 155 Å². The lowest BCUT2D eigenvalue weighted by molar-refractivity contribution is -0.127. The first-order valence-corrected chi connectivity index (χ1v) is 9.36. The zero-order valence-electron chi connectivity index (χ0n) is 16.0. The summed E-state index contributed by atoms with van der Waals surface area (Å²) >= 11 is 0. The summed E-state index contributed by atoms with van der Waals surface area (Å²) in [6.45, 7) is 7.88. The van der Waals surface area contributed by atoms with E-state index in [-0.39, 0.29) is 17.9 Å². The zero-order valence-corrected chi connectivity index (χ0v) is 16.0. The van der Waals surface area contributed by atoms with Crippen molar-refractivity contribution < 1.29 is 9.59 Å². The van der Waals surface area contributed by atoms with Crippen molar-refractivity contribution in [2.24, 2.45) is 5.73 Å². The first-order chi connectivity index (χ1) is 12.3. The average molecular weight is 352 g/mol. The Morgan fingerprint density at radius 1 is 1.27 bits per heavy atom. The SMILES string of the molecule is C=CC(=O)N(C)C1CCCC(c2ccc(C(N)=O)c3c2C(C)=C(C)C3)C1. The molecule has 26 heavy (non-hydrogen) atoms. The molecule has 1 fully saturated rings. The van der Waals surface area contributed by atoms with Crippen LogP contribution in [0.5, 0.6) is 0 Å². The van der Waals surface area contributed by atoms with E-state index in [9.17, 15) is 9.59 Å². The van der Waals surface area contributed by atoms with Crippen LogP contribution in [-0.4, -0.2) is 29.8 Å². The highest BCUT2D eigenvalue weighted by molar-refractivity contribution is 5.97. The second kappa shape index (κ2) is 7.10. The van der Waals surface area contributed by atoms with Crippen LogP contribution in [0.2, 0.25) is 0 Å². The highest BCUT2D eigenvalue weighted by Crippen LogP contribution is 2.43. The molecule has 1 saturated carbocycles. The molecular weight excluding hydrogens is 324 g/mol. The van der Waals surface area contributed by atoms with Gasteiger partial charge in [-0.3, -0.25) is 9.59 Å². The van der Waals surface area contributed by atoms with E-state index in [1.165, 1.54) is 28.3 Å². The summed E-state index contributed by atoms with van der Waals surface area (Å²) in [6.07, 6.45) is 6.38. The lowest BCUT2D eigenvalue weighted by Gasteiger charge is -2.36. The van der Waals surface area contributed by atoms with Crippen molar-refractivity contribution in [1.29, 1.82) is 0 Å². The third-order valence-electron chi connectivity index (χ3n) is 6.22. The normalized spacial score (nSPS) is 22.1. The van der Waals surface area contributed by atoms with Gasteiger partial charge in [-0.1, -0.05) is 24.6 Å². The van der Waals surface area contributed by atoms with Gasteiger partial charge >= 0.3 is 0 Å². The minimum atomic E-state index is -0.354. The van der Waals surface area contributed by atoms with Gasteiger partial charge in [-0.15, -0.1) is 0 Å². The first-order valence-electron chi connectivity index (χ1n) is 9.36. The number of nitrogens with zero attached hydrogens (tertiary/aromatic N) is 1. The number of fused-ring (bicyclic) bond motifs is 1. The van der Waals surface area contributed by atoms with Crippen LogP contribution in [0.3, 0.4) is 0 Å². The van der Waals surface area contributed by atoms with Crippen LogP contribution in [0.1, 0.15) is 72.5 Å². The number of rotatable bonds is 4. The van der Waals surface area contributed by atoms with Crippen molar-refractivity contribution in [3.05, 3.63) is 52.6 Å². The number of carbonyl (C=O) groups is 2. The Morgan fingerprint density at radius 3 is 2.65 bits per heavy atom. The Balaban J connectivity index is 1.97. The number of carbonyl (C=O) groups excluding carboxylic acids is 2. The molecule has 0 spiro atoms. The van der Waals surface area contributed by atoms with Crippen LogP contribution in [0.25, 0.3) is 5.57 Å². The van der Waals surface area contributed by atoms with Gasteiger partial charge in [0.05, 0.1) is 0 Å². The number of allylic oxidation sites excluding steroid dienone is 2. The van der Waals surface area contributed by atoms with Crippen LogP contribution in [0.15, 0.2) is 30.4 Å². The van der Waals surface area contributed by atoms with Crippen molar-refractivity contribution >= 4 is 17.4 Å². The summed E-state index contributed by atoms with van der Waals surface area (Å²) in [4.78, 5) is 25.7. The summed E-state index contributed by atoms with van der Waals surface area (Å²) in [6, 6.07) is 4.21. The molecular formula is C22H28N2O2. The van der Waals surface area contributed by atoms with Crippen molar-refractivity contribution in [2.75, 3.05) is 7.05 Å². The predicted octanol–water partition coefficient (Wildman–Crippen LogP) is 3.81. The van der Waals surface area contributed by atoms with Gasteiger partial charge in [0.15, 0.2) is 0 Å². The molecule has 2 N–H and O–H groups in total. The summed E-state index contributed by atoms with van der Waals surface area (Å²) in [7, 11) is 1.87. The lowest BCUT2D eigenvalue weighted by atomic mass is 9.77. The minimum Gasteiger partial charge on any atom is -0.366 e. The van der Waals surface area contributed by atoms with Crippen molar-refractivity contribution in [3.8, 4) is 0 Å². The van der Waals surface area contributed by atoms with Gasteiger partial charge in [-0.05, 0) is 79.9 Å². The molecule has 0 aliphatic heterocycles. The van der Waals surface area contributed by atoms with Gasteiger partial charge in [0, 0.05) is 18.7 Å². The van der Waals surface area contributed by atoms with Crippen molar-refractivity contribution in [1.82, 2.24) is 4.90 Å². The van der Waals surface area contributed by atoms with Crippen molar-refractivity contribution in [3.63, 3.8) is 0 Å². The summed E-state index contributed by atoms with van der Waals surface area (Å²) in [5.74, 6) is 0.0235. The monoisotopic (exact) mass is 352 g/mol. The Kier molecular flexibility index (Phi) is 5.03. The maximum Gasteiger partial charge on any atom is 0.249 e. The fraction of sp³-hybridized carbons (Fsp3) is 0.455. The highest BCUT2D eigenvalue weighted by Gasteiger charge is 2.32. The van der Waals surface area contributed by atoms with Gasteiger partial charge in [0.25, 0.3) is 0 Å². The molecule has 1 aromatic carbocycles. The molecule has 2 aliphatic carbocycles.